The maximum Gasteiger partial charge on any atom is 0.193 e. The van der Waals surface area contributed by atoms with Crippen molar-refractivity contribution in [3.8, 4) is 11.6 Å². The molecule has 2 saturated heterocycles. The van der Waals surface area contributed by atoms with Crippen LogP contribution in [0.2, 0.25) is 5.02 Å². The van der Waals surface area contributed by atoms with Crippen LogP contribution in [0.4, 0.5) is 0 Å². The van der Waals surface area contributed by atoms with Gasteiger partial charge in [-0.05, 0) is 18.2 Å². The van der Waals surface area contributed by atoms with Crippen LogP contribution >= 0.6 is 11.6 Å². The number of halogens is 1. The first-order valence-corrected chi connectivity index (χ1v) is 9.49. The lowest BCUT2D eigenvalue weighted by Crippen LogP contribution is -2.34. The van der Waals surface area contributed by atoms with Gasteiger partial charge in [0.05, 0.1) is 35.0 Å². The first-order valence-electron chi connectivity index (χ1n) is 9.11. The molecule has 8 heteroatoms. The van der Waals surface area contributed by atoms with E-state index < -0.39 is 6.10 Å². The highest BCUT2D eigenvalue weighted by Gasteiger charge is 2.48. The molecule has 0 spiro atoms. The van der Waals surface area contributed by atoms with Crippen LogP contribution in [0.5, 0.6) is 11.6 Å². The molecule has 5 rings (SSSR count). The zero-order valence-electron chi connectivity index (χ0n) is 14.9. The predicted octanol–water partition coefficient (Wildman–Crippen LogP) is 2.70. The number of hydrogen-bond acceptors (Lipinski definition) is 6. The lowest BCUT2D eigenvalue weighted by atomic mass is 10.1. The third kappa shape index (κ3) is 3.31. The van der Waals surface area contributed by atoms with Crippen molar-refractivity contribution in [1.29, 1.82) is 0 Å². The number of aromatic amines is 1. The van der Waals surface area contributed by atoms with Crippen LogP contribution in [0.25, 0.3) is 11.0 Å². The van der Waals surface area contributed by atoms with Crippen molar-refractivity contribution in [2.24, 2.45) is 0 Å². The Balaban J connectivity index is 1.32. The van der Waals surface area contributed by atoms with Gasteiger partial charge in [0, 0.05) is 6.07 Å². The van der Waals surface area contributed by atoms with Gasteiger partial charge in [-0.1, -0.05) is 29.8 Å². The molecule has 4 atom stereocenters. The molecular weight excluding hydrogens is 384 g/mol. The van der Waals surface area contributed by atoms with Gasteiger partial charge in [-0.3, -0.25) is 0 Å². The minimum atomic E-state index is -0.603. The summed E-state index contributed by atoms with van der Waals surface area (Å²) in [5.41, 5.74) is 2.15. The first-order chi connectivity index (χ1) is 13.7. The lowest BCUT2D eigenvalue weighted by molar-refractivity contribution is 0.00794. The number of aliphatic hydroxyl groups is 1. The number of nitrogens with one attached hydrogen (secondary N) is 1. The van der Waals surface area contributed by atoms with Gasteiger partial charge in [0.25, 0.3) is 0 Å². The van der Waals surface area contributed by atoms with E-state index in [9.17, 15) is 5.11 Å². The fourth-order valence-corrected chi connectivity index (χ4v) is 3.79. The molecule has 2 aromatic heterocycles. The van der Waals surface area contributed by atoms with Gasteiger partial charge in [0.2, 0.25) is 0 Å². The number of hydrogen-bond donors (Lipinski definition) is 2. The molecule has 0 aliphatic carbocycles. The highest BCUT2D eigenvalue weighted by molar-refractivity contribution is 6.31. The molecule has 1 aromatic carbocycles. The van der Waals surface area contributed by atoms with Crippen molar-refractivity contribution in [3.63, 3.8) is 0 Å². The number of H-pyrrole nitrogens is 1. The molecular formula is C20H19ClN2O5. The van der Waals surface area contributed by atoms with Gasteiger partial charge in [-0.2, -0.15) is 0 Å². The summed E-state index contributed by atoms with van der Waals surface area (Å²) in [4.78, 5) is 7.76. The summed E-state index contributed by atoms with van der Waals surface area (Å²) in [6, 6.07) is 13.1. The number of rotatable bonds is 5. The average molecular weight is 403 g/mol. The standard InChI is InChI=1S/C20H19ClN2O5/c21-12-6-13-14(22-15(12)8-25-11-4-2-1-3-5-11)7-18(23-13)28-17-10-27-19-16(24)9-26-20(17)19/h1-7,16-17,19-20,23-24H,8-10H2/t16-,17-,19-,20-/m1/s1. The maximum absolute atomic E-state index is 9.84. The molecule has 2 aliphatic heterocycles. The number of aliphatic hydroxyl groups excluding tert-OH is 1. The number of ether oxygens (including phenoxy) is 4. The second-order valence-electron chi connectivity index (χ2n) is 6.90. The van der Waals surface area contributed by atoms with E-state index >= 15 is 0 Å². The first kappa shape index (κ1) is 17.8. The number of aromatic nitrogens is 2. The van der Waals surface area contributed by atoms with Gasteiger partial charge >= 0.3 is 0 Å². The molecule has 146 valence electrons. The van der Waals surface area contributed by atoms with Gasteiger partial charge in [-0.25, -0.2) is 4.98 Å². The third-order valence-electron chi connectivity index (χ3n) is 4.98. The summed E-state index contributed by atoms with van der Waals surface area (Å²) in [5.74, 6) is 1.31. The summed E-state index contributed by atoms with van der Waals surface area (Å²) < 4.78 is 22.9. The summed E-state index contributed by atoms with van der Waals surface area (Å²) in [7, 11) is 0. The predicted molar refractivity (Wildman–Crippen MR) is 102 cm³/mol. The molecule has 0 bridgehead atoms. The highest BCUT2D eigenvalue weighted by Crippen LogP contribution is 2.31. The minimum absolute atomic E-state index is 0.268. The van der Waals surface area contributed by atoms with Crippen LogP contribution in [0.1, 0.15) is 5.69 Å². The van der Waals surface area contributed by atoms with E-state index in [0.717, 1.165) is 16.8 Å². The molecule has 2 N–H and O–H groups in total. The fourth-order valence-electron chi connectivity index (χ4n) is 3.59. The topological polar surface area (TPSA) is 85.8 Å². The Bertz CT molecular complexity index is 979. The number of benzene rings is 1. The van der Waals surface area contributed by atoms with E-state index in [1.165, 1.54) is 0 Å². The number of pyridine rings is 1. The van der Waals surface area contributed by atoms with E-state index in [0.29, 0.717) is 23.2 Å². The quantitative estimate of drug-likeness (QED) is 0.682. The zero-order chi connectivity index (χ0) is 19.1. The molecule has 3 aromatic rings. The molecule has 2 aliphatic rings. The van der Waals surface area contributed by atoms with Crippen molar-refractivity contribution in [2.75, 3.05) is 13.2 Å². The molecule has 2 fully saturated rings. The number of nitrogens with zero attached hydrogens (tertiary/aromatic N) is 1. The summed E-state index contributed by atoms with van der Waals surface area (Å²) >= 11 is 6.37. The largest absolute Gasteiger partial charge is 0.487 e. The Hall–Kier alpha value is -2.32. The molecule has 0 saturated carbocycles. The van der Waals surface area contributed by atoms with Crippen molar-refractivity contribution in [3.05, 3.63) is 53.2 Å². The minimum Gasteiger partial charge on any atom is -0.487 e. The zero-order valence-corrected chi connectivity index (χ0v) is 15.6. The SMILES string of the molecule is O[C@@H]1CO[C@H]2[C@@H]1OC[C@H]2Oc1cc2nc(COc3ccccc3)c(Cl)cc2[nH]1. The van der Waals surface area contributed by atoms with Crippen LogP contribution in [0.15, 0.2) is 42.5 Å². The number of para-hydroxylation sites is 1. The second-order valence-corrected chi connectivity index (χ2v) is 7.31. The molecule has 0 radical (unpaired) electrons. The summed E-state index contributed by atoms with van der Waals surface area (Å²) in [6.45, 7) is 0.905. The fraction of sp³-hybridized carbons (Fsp3) is 0.350. The monoisotopic (exact) mass is 402 g/mol. The highest BCUT2D eigenvalue weighted by atomic mass is 35.5. The smallest absolute Gasteiger partial charge is 0.193 e. The molecule has 28 heavy (non-hydrogen) atoms. The Morgan fingerprint density at radius 2 is 1.96 bits per heavy atom. The van der Waals surface area contributed by atoms with Crippen molar-refractivity contribution < 1.29 is 24.1 Å². The maximum atomic E-state index is 9.84. The van der Waals surface area contributed by atoms with Crippen molar-refractivity contribution in [2.45, 2.75) is 31.0 Å². The van der Waals surface area contributed by atoms with Gasteiger partial charge in [0.15, 0.2) is 12.0 Å². The van der Waals surface area contributed by atoms with Crippen LogP contribution in [-0.4, -0.2) is 52.7 Å². The van der Waals surface area contributed by atoms with Crippen LogP contribution in [0.3, 0.4) is 0 Å². The molecule has 0 unspecified atom stereocenters. The van der Waals surface area contributed by atoms with E-state index in [2.05, 4.69) is 9.97 Å². The van der Waals surface area contributed by atoms with E-state index in [1.807, 2.05) is 42.5 Å². The Morgan fingerprint density at radius 1 is 1.14 bits per heavy atom. The van der Waals surface area contributed by atoms with Crippen LogP contribution in [0, 0.1) is 0 Å². The lowest BCUT2D eigenvalue weighted by Gasteiger charge is -2.16. The number of fused-ring (bicyclic) bond motifs is 2. The second kappa shape index (κ2) is 7.25. The Labute approximate surface area is 166 Å². The molecule has 7 nitrogen and oxygen atoms in total. The van der Waals surface area contributed by atoms with Gasteiger partial charge in [-0.15, -0.1) is 0 Å². The van der Waals surface area contributed by atoms with E-state index in [-0.39, 0.29) is 31.5 Å². The molecule has 0 amide bonds. The van der Waals surface area contributed by atoms with Crippen molar-refractivity contribution in [1.82, 2.24) is 9.97 Å². The normalized spacial score (nSPS) is 26.5. The van der Waals surface area contributed by atoms with Gasteiger partial charge < -0.3 is 29.0 Å². The third-order valence-corrected chi connectivity index (χ3v) is 5.31. The van der Waals surface area contributed by atoms with E-state index in [4.69, 9.17) is 30.5 Å². The van der Waals surface area contributed by atoms with Crippen LogP contribution in [-0.2, 0) is 16.1 Å². The van der Waals surface area contributed by atoms with E-state index in [1.54, 1.807) is 0 Å². The Kier molecular flexibility index (Phi) is 4.60. The summed E-state index contributed by atoms with van der Waals surface area (Å²) in [5, 5.41) is 10.4. The van der Waals surface area contributed by atoms with Crippen molar-refractivity contribution >= 4 is 22.6 Å². The molecule has 4 heterocycles. The van der Waals surface area contributed by atoms with Gasteiger partial charge in [0.1, 0.15) is 30.7 Å². The van der Waals surface area contributed by atoms with Crippen LogP contribution < -0.4 is 9.47 Å². The Morgan fingerprint density at radius 3 is 2.82 bits per heavy atom. The summed E-state index contributed by atoms with van der Waals surface area (Å²) in [6.07, 6.45) is -1.49. The average Bonchev–Trinajstić information content (AvgIpc) is 3.38.